The van der Waals surface area contributed by atoms with Crippen molar-refractivity contribution in [2.24, 2.45) is 0 Å². The summed E-state index contributed by atoms with van der Waals surface area (Å²) in [5.74, 6) is -0.388. The van der Waals surface area contributed by atoms with Crippen LogP contribution in [-0.4, -0.2) is 39.2 Å². The van der Waals surface area contributed by atoms with E-state index >= 15 is 0 Å². The van der Waals surface area contributed by atoms with Crippen LogP contribution >= 0.6 is 0 Å². The summed E-state index contributed by atoms with van der Waals surface area (Å²) in [6, 6.07) is 8.57. The number of carbonyl (C=O) groups is 1. The maximum absolute atomic E-state index is 14.3. The van der Waals surface area contributed by atoms with Crippen LogP contribution in [0.1, 0.15) is 5.69 Å². The molecule has 0 fully saturated rings. The van der Waals surface area contributed by atoms with Crippen LogP contribution in [0.5, 0.6) is 5.75 Å². The number of carbonyl (C=O) groups excluding carboxylic acids is 1. The zero-order chi connectivity index (χ0) is 19.7. The first kappa shape index (κ1) is 17.9. The average Bonchev–Trinajstić information content (AvgIpc) is 3.12. The highest BCUT2D eigenvalue weighted by Crippen LogP contribution is 2.37. The Kier molecular flexibility index (Phi) is 4.65. The molecule has 3 heterocycles. The van der Waals surface area contributed by atoms with Crippen molar-refractivity contribution in [1.82, 2.24) is 19.7 Å². The van der Waals surface area contributed by atoms with E-state index in [2.05, 4.69) is 11.6 Å². The standard InChI is InChI=1S/C21H19FN4O2/c1-3-19(27)25-10-11-26-17(13-25)20(14-6-8-23-9-7-14)21(24-26)15-4-5-18(28-2)16(22)12-15/h3-9,12H,1,10-11,13H2,2H3. The van der Waals surface area contributed by atoms with E-state index in [1.165, 1.54) is 19.3 Å². The summed E-state index contributed by atoms with van der Waals surface area (Å²) in [6.45, 7) is 5.10. The van der Waals surface area contributed by atoms with Crippen LogP contribution in [-0.2, 0) is 17.9 Å². The van der Waals surface area contributed by atoms with Crippen molar-refractivity contribution < 1.29 is 13.9 Å². The Morgan fingerprint density at radius 1 is 1.21 bits per heavy atom. The average molecular weight is 378 g/mol. The summed E-state index contributed by atoms with van der Waals surface area (Å²) in [6.07, 6.45) is 4.72. The van der Waals surface area contributed by atoms with Crippen molar-refractivity contribution in [3.63, 3.8) is 0 Å². The third-order valence-corrected chi connectivity index (χ3v) is 4.86. The first-order chi connectivity index (χ1) is 13.6. The third kappa shape index (κ3) is 3.05. The molecule has 2 aromatic heterocycles. The molecular formula is C21H19FN4O2. The minimum atomic E-state index is -0.449. The largest absolute Gasteiger partial charge is 0.494 e. The van der Waals surface area contributed by atoms with Gasteiger partial charge in [0.15, 0.2) is 11.6 Å². The van der Waals surface area contributed by atoms with E-state index in [0.717, 1.165) is 16.8 Å². The molecule has 0 unspecified atom stereocenters. The Hall–Kier alpha value is -3.48. The van der Waals surface area contributed by atoms with Gasteiger partial charge in [-0.2, -0.15) is 5.10 Å². The molecule has 0 N–H and O–H groups in total. The molecule has 0 bridgehead atoms. The van der Waals surface area contributed by atoms with E-state index in [1.807, 2.05) is 16.8 Å². The Labute approximate surface area is 161 Å². The molecule has 0 radical (unpaired) electrons. The molecule has 4 rings (SSSR count). The Morgan fingerprint density at radius 2 is 2.00 bits per heavy atom. The van der Waals surface area contributed by atoms with Gasteiger partial charge in [-0.1, -0.05) is 6.58 Å². The number of hydrogen-bond donors (Lipinski definition) is 0. The van der Waals surface area contributed by atoms with Gasteiger partial charge >= 0.3 is 0 Å². The van der Waals surface area contributed by atoms with Gasteiger partial charge in [-0.3, -0.25) is 14.5 Å². The van der Waals surface area contributed by atoms with Crippen molar-refractivity contribution >= 4 is 5.91 Å². The maximum atomic E-state index is 14.3. The van der Waals surface area contributed by atoms with E-state index in [4.69, 9.17) is 9.84 Å². The molecular weight excluding hydrogens is 359 g/mol. The molecule has 1 amide bonds. The Morgan fingerprint density at radius 3 is 2.68 bits per heavy atom. The fourth-order valence-electron chi connectivity index (χ4n) is 3.47. The molecule has 1 aliphatic rings. The van der Waals surface area contributed by atoms with Crippen LogP contribution in [0.25, 0.3) is 22.4 Å². The molecule has 0 atom stereocenters. The SMILES string of the molecule is C=CC(=O)N1CCn2nc(-c3ccc(OC)c(F)c3)c(-c3ccncc3)c2C1. The topological polar surface area (TPSA) is 60.2 Å². The molecule has 1 aromatic carbocycles. The van der Waals surface area contributed by atoms with E-state index < -0.39 is 5.82 Å². The number of rotatable bonds is 4. The highest BCUT2D eigenvalue weighted by Gasteiger charge is 2.27. The molecule has 1 aliphatic heterocycles. The van der Waals surface area contributed by atoms with Crippen molar-refractivity contribution in [1.29, 1.82) is 0 Å². The lowest BCUT2D eigenvalue weighted by atomic mass is 9.98. The Balaban J connectivity index is 1.88. The molecule has 0 spiro atoms. The summed E-state index contributed by atoms with van der Waals surface area (Å²) < 4.78 is 21.2. The number of pyridine rings is 1. The van der Waals surface area contributed by atoms with Gasteiger partial charge in [0.25, 0.3) is 0 Å². The smallest absolute Gasteiger partial charge is 0.246 e. The lowest BCUT2D eigenvalue weighted by Gasteiger charge is -2.27. The fourth-order valence-corrected chi connectivity index (χ4v) is 3.47. The van der Waals surface area contributed by atoms with Crippen LogP contribution < -0.4 is 4.74 Å². The van der Waals surface area contributed by atoms with Crippen molar-refractivity contribution in [3.05, 3.63) is 66.9 Å². The van der Waals surface area contributed by atoms with Crippen LogP contribution in [0, 0.1) is 5.82 Å². The van der Waals surface area contributed by atoms with Crippen molar-refractivity contribution in [2.45, 2.75) is 13.1 Å². The fraction of sp³-hybridized carbons (Fsp3) is 0.190. The van der Waals surface area contributed by atoms with Crippen LogP contribution in [0.2, 0.25) is 0 Å². The summed E-state index contributed by atoms with van der Waals surface area (Å²) in [5.41, 5.74) is 3.99. The molecule has 7 heteroatoms. The van der Waals surface area contributed by atoms with Crippen LogP contribution in [0.3, 0.4) is 0 Å². The minimum Gasteiger partial charge on any atom is -0.494 e. The zero-order valence-corrected chi connectivity index (χ0v) is 15.4. The molecule has 28 heavy (non-hydrogen) atoms. The first-order valence-electron chi connectivity index (χ1n) is 8.87. The van der Waals surface area contributed by atoms with E-state index in [9.17, 15) is 9.18 Å². The van der Waals surface area contributed by atoms with Crippen LogP contribution in [0.15, 0.2) is 55.4 Å². The normalized spacial score (nSPS) is 13.1. The molecule has 0 saturated carbocycles. The van der Waals surface area contributed by atoms with Gasteiger partial charge in [-0.05, 0) is 42.0 Å². The zero-order valence-electron chi connectivity index (χ0n) is 15.4. The second kappa shape index (κ2) is 7.26. The number of methoxy groups -OCH3 is 1. The number of ether oxygens (including phenoxy) is 1. The number of amides is 1. The number of aromatic nitrogens is 3. The van der Waals surface area contributed by atoms with Gasteiger partial charge in [-0.15, -0.1) is 0 Å². The number of benzene rings is 1. The van der Waals surface area contributed by atoms with Gasteiger partial charge in [0.1, 0.15) is 5.69 Å². The predicted octanol–water partition coefficient (Wildman–Crippen LogP) is 3.29. The lowest BCUT2D eigenvalue weighted by Crippen LogP contribution is -2.37. The number of halogens is 1. The van der Waals surface area contributed by atoms with Crippen LogP contribution in [0.4, 0.5) is 4.39 Å². The first-order valence-corrected chi connectivity index (χ1v) is 8.87. The molecule has 142 valence electrons. The van der Waals surface area contributed by atoms with E-state index in [1.54, 1.807) is 29.4 Å². The lowest BCUT2D eigenvalue weighted by molar-refractivity contribution is -0.127. The number of hydrogen-bond acceptors (Lipinski definition) is 4. The molecule has 3 aromatic rings. The predicted molar refractivity (Wildman–Crippen MR) is 103 cm³/mol. The quantitative estimate of drug-likeness (QED) is 0.654. The molecule has 6 nitrogen and oxygen atoms in total. The molecule has 0 aliphatic carbocycles. The van der Waals surface area contributed by atoms with Gasteiger partial charge in [0.2, 0.25) is 5.91 Å². The third-order valence-electron chi connectivity index (χ3n) is 4.86. The second-order valence-corrected chi connectivity index (χ2v) is 6.44. The summed E-state index contributed by atoms with van der Waals surface area (Å²) in [5, 5.41) is 4.74. The van der Waals surface area contributed by atoms with E-state index in [-0.39, 0.29) is 11.7 Å². The van der Waals surface area contributed by atoms with Gasteiger partial charge in [0.05, 0.1) is 25.9 Å². The van der Waals surface area contributed by atoms with Crippen molar-refractivity contribution in [2.75, 3.05) is 13.7 Å². The van der Waals surface area contributed by atoms with Crippen molar-refractivity contribution in [3.8, 4) is 28.1 Å². The second-order valence-electron chi connectivity index (χ2n) is 6.44. The van der Waals surface area contributed by atoms with Gasteiger partial charge in [0, 0.05) is 30.1 Å². The maximum Gasteiger partial charge on any atom is 0.246 e. The Bertz CT molecular complexity index is 1050. The molecule has 0 saturated heterocycles. The van der Waals surface area contributed by atoms with Gasteiger partial charge in [-0.25, -0.2) is 4.39 Å². The summed E-state index contributed by atoms with van der Waals surface area (Å²) in [7, 11) is 1.43. The summed E-state index contributed by atoms with van der Waals surface area (Å²) in [4.78, 5) is 17.9. The highest BCUT2D eigenvalue weighted by molar-refractivity contribution is 5.88. The number of fused-ring (bicyclic) bond motifs is 1. The van der Waals surface area contributed by atoms with E-state index in [0.29, 0.717) is 30.9 Å². The summed E-state index contributed by atoms with van der Waals surface area (Å²) >= 11 is 0. The number of nitrogens with zero attached hydrogens (tertiary/aromatic N) is 4. The monoisotopic (exact) mass is 378 g/mol. The van der Waals surface area contributed by atoms with Gasteiger partial charge < -0.3 is 9.64 Å². The minimum absolute atomic E-state index is 0.120. The highest BCUT2D eigenvalue weighted by atomic mass is 19.1.